The molecular weight excluding hydrogens is 192 g/mol. The van der Waals surface area contributed by atoms with Crippen LogP contribution in [0.1, 0.15) is 19.3 Å². The number of fused-ring (bicyclic) bond motifs is 2. The van der Waals surface area contributed by atoms with Gasteiger partial charge in [-0.15, -0.1) is 0 Å². The Hall–Kier alpha value is -0.900. The molecule has 2 aliphatic rings. The molecule has 4 nitrogen and oxygen atoms in total. The van der Waals surface area contributed by atoms with Crippen molar-refractivity contribution >= 4 is 0 Å². The van der Waals surface area contributed by atoms with E-state index in [9.17, 15) is 10.1 Å². The molecule has 1 saturated carbocycles. The molecule has 0 aromatic rings. The third-order valence-electron chi connectivity index (χ3n) is 3.91. The molecule has 3 unspecified atom stereocenters. The molecular formula is C11H19N2O2+. The Labute approximate surface area is 90.3 Å². The van der Waals surface area contributed by atoms with Crippen LogP contribution in [0.2, 0.25) is 0 Å². The minimum Gasteiger partial charge on any atom is -0.266 e. The second-order valence-corrected chi connectivity index (χ2v) is 5.49. The lowest BCUT2D eigenvalue weighted by molar-refractivity contribution is -0.981. The third-order valence-corrected chi connectivity index (χ3v) is 3.91. The number of allylic oxidation sites excluding steroid dienone is 1. The van der Waals surface area contributed by atoms with Gasteiger partial charge in [0.05, 0.1) is 19.0 Å². The van der Waals surface area contributed by atoms with Crippen molar-refractivity contribution in [1.29, 1.82) is 0 Å². The molecule has 2 aliphatic carbocycles. The summed E-state index contributed by atoms with van der Waals surface area (Å²) in [5.74, 6) is 1.34. The lowest BCUT2D eigenvalue weighted by Gasteiger charge is -2.34. The van der Waals surface area contributed by atoms with Crippen molar-refractivity contribution < 1.29 is 9.41 Å². The molecule has 0 aliphatic heterocycles. The zero-order valence-corrected chi connectivity index (χ0v) is 9.43. The highest BCUT2D eigenvalue weighted by Gasteiger charge is 2.45. The van der Waals surface area contributed by atoms with Crippen molar-refractivity contribution in [2.24, 2.45) is 11.8 Å². The molecule has 0 aromatic heterocycles. The van der Waals surface area contributed by atoms with Crippen LogP contribution in [0.3, 0.4) is 0 Å². The van der Waals surface area contributed by atoms with E-state index in [2.05, 4.69) is 12.2 Å². The van der Waals surface area contributed by atoms with Gasteiger partial charge in [-0.1, -0.05) is 12.2 Å². The Kier molecular flexibility index (Phi) is 2.54. The standard InChI is InChI=1S/C11H19N2O2/c1-13(2,8-12(14)15)11-7-9-4-3-5-10(11)6-9/h3,5,9-11H,4,6-8H2,1-2H3/q+1. The van der Waals surface area contributed by atoms with Gasteiger partial charge in [-0.3, -0.25) is 14.6 Å². The number of nitrogens with zero attached hydrogens (tertiary/aromatic N) is 2. The van der Waals surface area contributed by atoms with Crippen molar-refractivity contribution in [3.63, 3.8) is 0 Å². The van der Waals surface area contributed by atoms with Gasteiger partial charge in [0, 0.05) is 12.3 Å². The maximum atomic E-state index is 10.6. The van der Waals surface area contributed by atoms with Gasteiger partial charge >= 0.3 is 6.67 Å². The van der Waals surface area contributed by atoms with Crippen LogP contribution in [0.15, 0.2) is 12.2 Å². The first-order chi connectivity index (χ1) is 6.99. The summed E-state index contributed by atoms with van der Waals surface area (Å²) in [5.41, 5.74) is 0. The zero-order chi connectivity index (χ0) is 11.1. The molecule has 15 heavy (non-hydrogen) atoms. The number of nitro groups is 1. The second kappa shape index (κ2) is 3.59. The van der Waals surface area contributed by atoms with Gasteiger partial charge in [0.2, 0.25) is 0 Å². The van der Waals surface area contributed by atoms with Gasteiger partial charge in [-0.25, -0.2) is 0 Å². The molecule has 84 valence electrons. The molecule has 0 heterocycles. The summed E-state index contributed by atoms with van der Waals surface area (Å²) < 4.78 is 0.526. The van der Waals surface area contributed by atoms with E-state index in [-0.39, 0.29) is 11.6 Å². The number of rotatable bonds is 3. The van der Waals surface area contributed by atoms with E-state index in [1.54, 1.807) is 0 Å². The average Bonchev–Trinajstić information content (AvgIpc) is 2.40. The van der Waals surface area contributed by atoms with Crippen LogP contribution in [0.25, 0.3) is 0 Å². The number of quaternary nitrogens is 1. The second-order valence-electron chi connectivity index (χ2n) is 5.49. The predicted molar refractivity (Wildman–Crippen MR) is 57.7 cm³/mol. The largest absolute Gasteiger partial charge is 0.328 e. The van der Waals surface area contributed by atoms with Crippen molar-refractivity contribution in [3.8, 4) is 0 Å². The highest BCUT2D eigenvalue weighted by Crippen LogP contribution is 2.42. The first-order valence-corrected chi connectivity index (χ1v) is 5.60. The quantitative estimate of drug-likeness (QED) is 0.234. The third kappa shape index (κ3) is 2.04. The summed E-state index contributed by atoms with van der Waals surface area (Å²) in [6.45, 7) is 0.0434. The van der Waals surface area contributed by atoms with Gasteiger partial charge in [0.25, 0.3) is 0 Å². The predicted octanol–water partition coefficient (Wildman–Crippen LogP) is 1.65. The Bertz CT molecular complexity index is 299. The number of hydrogen-bond acceptors (Lipinski definition) is 2. The Morgan fingerprint density at radius 3 is 2.80 bits per heavy atom. The molecule has 1 fully saturated rings. The van der Waals surface area contributed by atoms with Crippen LogP contribution < -0.4 is 0 Å². The van der Waals surface area contributed by atoms with Crippen LogP contribution in [0.5, 0.6) is 0 Å². The van der Waals surface area contributed by atoms with E-state index >= 15 is 0 Å². The van der Waals surface area contributed by atoms with Crippen LogP contribution >= 0.6 is 0 Å². The normalized spacial score (nSPS) is 34.4. The average molecular weight is 211 g/mol. The molecule has 0 spiro atoms. The minimum absolute atomic E-state index is 0.0434. The van der Waals surface area contributed by atoms with Crippen molar-refractivity contribution in [3.05, 3.63) is 22.3 Å². The molecule has 2 bridgehead atoms. The van der Waals surface area contributed by atoms with Gasteiger partial charge in [-0.2, -0.15) is 0 Å². The summed E-state index contributed by atoms with van der Waals surface area (Å²) in [6, 6.07) is 0.444. The van der Waals surface area contributed by atoms with E-state index < -0.39 is 0 Å². The summed E-state index contributed by atoms with van der Waals surface area (Å²) >= 11 is 0. The van der Waals surface area contributed by atoms with Crippen LogP contribution in [-0.2, 0) is 0 Å². The first kappa shape index (κ1) is 10.6. The fourth-order valence-electron chi connectivity index (χ4n) is 3.21. The molecule has 0 amide bonds. The summed E-state index contributed by atoms with van der Waals surface area (Å²) in [7, 11) is 3.98. The minimum atomic E-state index is -0.188. The Balaban J connectivity index is 2.10. The van der Waals surface area contributed by atoms with Gasteiger partial charge < -0.3 is 0 Å². The summed E-state index contributed by atoms with van der Waals surface area (Å²) in [5, 5.41) is 10.6. The first-order valence-electron chi connectivity index (χ1n) is 5.60. The smallest absolute Gasteiger partial charge is 0.266 e. The molecule has 3 atom stereocenters. The SMILES string of the molecule is C[N+](C)(C[N+](=O)[O-])C1CC2CC=CC1C2. The Morgan fingerprint density at radius 1 is 1.47 bits per heavy atom. The molecule has 0 aromatic carbocycles. The molecule has 0 saturated heterocycles. The highest BCUT2D eigenvalue weighted by molar-refractivity contribution is 5.04. The maximum absolute atomic E-state index is 10.6. The van der Waals surface area contributed by atoms with E-state index in [1.807, 2.05) is 14.1 Å². The van der Waals surface area contributed by atoms with Gasteiger partial charge in [0.15, 0.2) is 0 Å². The fraction of sp³-hybridized carbons (Fsp3) is 0.818. The van der Waals surface area contributed by atoms with Crippen LogP contribution in [-0.4, -0.2) is 36.2 Å². The molecule has 0 N–H and O–H groups in total. The van der Waals surface area contributed by atoms with Gasteiger partial charge in [-0.05, 0) is 18.8 Å². The molecule has 2 rings (SSSR count). The van der Waals surface area contributed by atoms with Crippen LogP contribution in [0, 0.1) is 22.0 Å². The lowest BCUT2D eigenvalue weighted by atomic mass is 9.95. The van der Waals surface area contributed by atoms with Crippen molar-refractivity contribution in [2.75, 3.05) is 20.8 Å². The molecule has 4 heteroatoms. The maximum Gasteiger partial charge on any atom is 0.328 e. The Morgan fingerprint density at radius 2 is 2.20 bits per heavy atom. The van der Waals surface area contributed by atoms with Crippen molar-refractivity contribution in [2.45, 2.75) is 25.3 Å². The summed E-state index contributed by atoms with van der Waals surface area (Å²) in [6.07, 6.45) is 8.09. The van der Waals surface area contributed by atoms with Gasteiger partial charge in [0.1, 0.15) is 6.04 Å². The highest BCUT2D eigenvalue weighted by atomic mass is 16.6. The fourth-order valence-corrected chi connectivity index (χ4v) is 3.21. The van der Waals surface area contributed by atoms with Crippen molar-refractivity contribution in [1.82, 2.24) is 0 Å². The van der Waals surface area contributed by atoms with Crippen LogP contribution in [0.4, 0.5) is 0 Å². The summed E-state index contributed by atoms with van der Waals surface area (Å²) in [4.78, 5) is 10.4. The monoisotopic (exact) mass is 211 g/mol. The van der Waals surface area contributed by atoms with E-state index in [0.29, 0.717) is 16.4 Å². The van der Waals surface area contributed by atoms with E-state index in [4.69, 9.17) is 0 Å². The number of hydrogen-bond donors (Lipinski definition) is 0. The lowest BCUT2D eigenvalue weighted by Crippen LogP contribution is -2.52. The zero-order valence-electron chi connectivity index (χ0n) is 9.43. The topological polar surface area (TPSA) is 43.1 Å². The molecule has 0 radical (unpaired) electrons. The van der Waals surface area contributed by atoms with E-state index in [1.165, 1.54) is 12.8 Å². The van der Waals surface area contributed by atoms with E-state index in [0.717, 1.165) is 12.3 Å².